The normalized spacial score (nSPS) is 19.9. The maximum Gasteiger partial charge on any atom is 0.335 e. The van der Waals surface area contributed by atoms with Crippen molar-refractivity contribution in [1.82, 2.24) is 5.32 Å². The van der Waals surface area contributed by atoms with E-state index in [-0.39, 0.29) is 17.6 Å². The van der Waals surface area contributed by atoms with Gasteiger partial charge < -0.3 is 10.4 Å². The minimum absolute atomic E-state index is 0.168. The average molecular weight is 234 g/mol. The molecule has 1 unspecified atom stereocenters. The van der Waals surface area contributed by atoms with Crippen LogP contribution in [-0.4, -0.2) is 29.7 Å². The SMILES string of the molecule is CC1CCN(c2cccc(C(=O)O)c2)C(=O)N1. The number of urea groups is 1. The van der Waals surface area contributed by atoms with Crippen molar-refractivity contribution >= 4 is 17.7 Å². The summed E-state index contributed by atoms with van der Waals surface area (Å²) in [4.78, 5) is 24.2. The molecule has 2 amide bonds. The van der Waals surface area contributed by atoms with Crippen molar-refractivity contribution in [1.29, 1.82) is 0 Å². The quantitative estimate of drug-likeness (QED) is 0.818. The zero-order chi connectivity index (χ0) is 12.4. The van der Waals surface area contributed by atoms with Crippen LogP contribution in [0.1, 0.15) is 23.7 Å². The number of carboxylic acids is 1. The van der Waals surface area contributed by atoms with Crippen molar-refractivity contribution in [2.75, 3.05) is 11.4 Å². The predicted octanol–water partition coefficient (Wildman–Crippen LogP) is 1.69. The minimum Gasteiger partial charge on any atom is -0.478 e. The molecule has 0 spiro atoms. The second-order valence-corrected chi connectivity index (χ2v) is 4.15. The van der Waals surface area contributed by atoms with Crippen molar-refractivity contribution < 1.29 is 14.7 Å². The van der Waals surface area contributed by atoms with Gasteiger partial charge in [0.05, 0.1) is 5.56 Å². The summed E-state index contributed by atoms with van der Waals surface area (Å²) in [5.74, 6) is -0.988. The number of carbonyl (C=O) groups excluding carboxylic acids is 1. The van der Waals surface area contributed by atoms with Crippen molar-refractivity contribution in [3.8, 4) is 0 Å². The van der Waals surface area contributed by atoms with Crippen LogP contribution in [0.4, 0.5) is 10.5 Å². The van der Waals surface area contributed by atoms with Crippen LogP contribution in [0.3, 0.4) is 0 Å². The number of anilines is 1. The summed E-state index contributed by atoms with van der Waals surface area (Å²) >= 11 is 0. The largest absolute Gasteiger partial charge is 0.478 e. The Morgan fingerprint density at radius 2 is 2.29 bits per heavy atom. The van der Waals surface area contributed by atoms with Gasteiger partial charge in [0.1, 0.15) is 0 Å². The highest BCUT2D eigenvalue weighted by Gasteiger charge is 2.23. The molecule has 1 saturated heterocycles. The highest BCUT2D eigenvalue weighted by atomic mass is 16.4. The molecule has 1 heterocycles. The van der Waals surface area contributed by atoms with Gasteiger partial charge in [-0.05, 0) is 31.5 Å². The number of nitrogens with zero attached hydrogens (tertiary/aromatic N) is 1. The maximum atomic E-state index is 11.8. The number of aromatic carboxylic acids is 1. The number of amides is 2. The third-order valence-corrected chi connectivity index (χ3v) is 2.81. The molecule has 2 N–H and O–H groups in total. The molecule has 90 valence electrons. The Labute approximate surface area is 99.0 Å². The predicted molar refractivity (Wildman–Crippen MR) is 63.4 cm³/mol. The Morgan fingerprint density at radius 3 is 2.94 bits per heavy atom. The van der Waals surface area contributed by atoms with Gasteiger partial charge in [-0.2, -0.15) is 0 Å². The van der Waals surface area contributed by atoms with E-state index in [4.69, 9.17) is 5.11 Å². The summed E-state index contributed by atoms with van der Waals surface area (Å²) in [7, 11) is 0. The van der Waals surface area contributed by atoms with Gasteiger partial charge in [0.2, 0.25) is 0 Å². The molecule has 0 aromatic heterocycles. The Morgan fingerprint density at radius 1 is 1.53 bits per heavy atom. The monoisotopic (exact) mass is 234 g/mol. The molecule has 5 heteroatoms. The number of hydrogen-bond acceptors (Lipinski definition) is 2. The molecular formula is C12H14N2O3. The van der Waals surface area contributed by atoms with Gasteiger partial charge in [0.25, 0.3) is 0 Å². The molecule has 0 aliphatic carbocycles. The average Bonchev–Trinajstić information content (AvgIpc) is 2.29. The maximum absolute atomic E-state index is 11.8. The number of carbonyl (C=O) groups is 2. The third kappa shape index (κ3) is 2.38. The van der Waals surface area contributed by atoms with E-state index in [1.54, 1.807) is 17.0 Å². The molecule has 1 atom stereocenters. The van der Waals surface area contributed by atoms with Gasteiger partial charge >= 0.3 is 12.0 Å². The number of nitrogens with one attached hydrogen (secondary N) is 1. The smallest absolute Gasteiger partial charge is 0.335 e. The van der Waals surface area contributed by atoms with Gasteiger partial charge in [0, 0.05) is 18.3 Å². The van der Waals surface area contributed by atoms with E-state index in [2.05, 4.69) is 5.32 Å². The van der Waals surface area contributed by atoms with Gasteiger partial charge in [-0.25, -0.2) is 9.59 Å². The van der Waals surface area contributed by atoms with E-state index in [9.17, 15) is 9.59 Å². The number of carboxylic acid groups (broad SMARTS) is 1. The molecule has 1 fully saturated rings. The van der Waals surface area contributed by atoms with Crippen LogP contribution in [0.25, 0.3) is 0 Å². The lowest BCUT2D eigenvalue weighted by atomic mass is 10.1. The summed E-state index contributed by atoms with van der Waals surface area (Å²) in [5.41, 5.74) is 0.809. The first-order valence-electron chi connectivity index (χ1n) is 5.49. The highest BCUT2D eigenvalue weighted by Crippen LogP contribution is 2.19. The van der Waals surface area contributed by atoms with Gasteiger partial charge in [-0.3, -0.25) is 4.90 Å². The van der Waals surface area contributed by atoms with E-state index >= 15 is 0 Å². The van der Waals surface area contributed by atoms with Crippen LogP contribution in [0.5, 0.6) is 0 Å². The standard InChI is InChI=1S/C12H14N2O3/c1-8-5-6-14(12(17)13-8)10-4-2-3-9(7-10)11(15)16/h2-4,7-8H,5-6H2,1H3,(H,13,17)(H,15,16). The molecule has 17 heavy (non-hydrogen) atoms. The fourth-order valence-corrected chi connectivity index (χ4v) is 1.84. The first kappa shape index (κ1) is 11.4. The molecule has 5 nitrogen and oxygen atoms in total. The van der Waals surface area contributed by atoms with E-state index in [0.29, 0.717) is 12.2 Å². The molecule has 1 aliphatic heterocycles. The van der Waals surface area contributed by atoms with Crippen LogP contribution in [0.2, 0.25) is 0 Å². The first-order chi connectivity index (χ1) is 8.08. The summed E-state index contributed by atoms with van der Waals surface area (Å²) in [6.07, 6.45) is 0.850. The van der Waals surface area contributed by atoms with Crippen LogP contribution in [-0.2, 0) is 0 Å². The minimum atomic E-state index is -0.988. The lowest BCUT2D eigenvalue weighted by Gasteiger charge is -2.31. The van der Waals surface area contributed by atoms with Crippen LogP contribution in [0, 0.1) is 0 Å². The second-order valence-electron chi connectivity index (χ2n) is 4.15. The third-order valence-electron chi connectivity index (χ3n) is 2.81. The molecule has 1 aromatic rings. The molecule has 2 rings (SSSR count). The van der Waals surface area contributed by atoms with Crippen LogP contribution in [0.15, 0.2) is 24.3 Å². The Bertz CT molecular complexity index is 459. The van der Waals surface area contributed by atoms with Crippen molar-refractivity contribution in [2.45, 2.75) is 19.4 Å². The Balaban J connectivity index is 2.25. The molecule has 0 saturated carbocycles. The van der Waals surface area contributed by atoms with Crippen molar-refractivity contribution in [3.05, 3.63) is 29.8 Å². The lowest BCUT2D eigenvalue weighted by Crippen LogP contribution is -2.50. The van der Waals surface area contributed by atoms with Crippen LogP contribution >= 0.6 is 0 Å². The topological polar surface area (TPSA) is 69.6 Å². The summed E-state index contributed by atoms with van der Waals surface area (Å²) in [6.45, 7) is 2.55. The summed E-state index contributed by atoms with van der Waals surface area (Å²) in [6, 6.07) is 6.40. The zero-order valence-corrected chi connectivity index (χ0v) is 9.51. The summed E-state index contributed by atoms with van der Waals surface area (Å²) < 4.78 is 0. The number of hydrogen-bond donors (Lipinski definition) is 2. The van der Waals surface area contributed by atoms with E-state index in [0.717, 1.165) is 6.42 Å². The molecule has 1 aliphatic rings. The van der Waals surface area contributed by atoms with E-state index in [1.165, 1.54) is 12.1 Å². The van der Waals surface area contributed by atoms with E-state index < -0.39 is 5.97 Å². The fraction of sp³-hybridized carbons (Fsp3) is 0.333. The Kier molecular flexibility index (Phi) is 2.99. The molecular weight excluding hydrogens is 220 g/mol. The van der Waals surface area contributed by atoms with Gasteiger partial charge in [0.15, 0.2) is 0 Å². The fourth-order valence-electron chi connectivity index (χ4n) is 1.84. The van der Waals surface area contributed by atoms with Gasteiger partial charge in [-0.1, -0.05) is 6.07 Å². The number of benzene rings is 1. The molecule has 0 radical (unpaired) electrons. The molecule has 0 bridgehead atoms. The van der Waals surface area contributed by atoms with Crippen LogP contribution < -0.4 is 10.2 Å². The van der Waals surface area contributed by atoms with Gasteiger partial charge in [-0.15, -0.1) is 0 Å². The van der Waals surface area contributed by atoms with Crippen molar-refractivity contribution in [3.63, 3.8) is 0 Å². The molecule has 1 aromatic carbocycles. The number of rotatable bonds is 2. The zero-order valence-electron chi connectivity index (χ0n) is 9.51. The first-order valence-corrected chi connectivity index (χ1v) is 5.49. The second kappa shape index (κ2) is 4.45. The summed E-state index contributed by atoms with van der Waals surface area (Å²) in [5, 5.41) is 11.7. The lowest BCUT2D eigenvalue weighted by molar-refractivity contribution is 0.0697. The van der Waals surface area contributed by atoms with E-state index in [1.807, 2.05) is 6.92 Å². The highest BCUT2D eigenvalue weighted by molar-refractivity contribution is 5.95. The van der Waals surface area contributed by atoms with Crippen molar-refractivity contribution in [2.24, 2.45) is 0 Å². The Hall–Kier alpha value is -2.04.